The minimum absolute atomic E-state index is 0. The van der Waals surface area contributed by atoms with E-state index in [1.807, 2.05) is 32.1 Å². The maximum Gasteiger partial charge on any atom is 0 e. The molecular weight excluding hydrogens is 676 g/mol. The molecule has 4 aliphatic rings. The molecule has 8 radical (unpaired) electrons. The third-order valence-corrected chi connectivity index (χ3v) is 41.8. The molecule has 2 aliphatic heterocycles. The zero-order valence-corrected chi connectivity index (χ0v) is 35.1. The van der Waals surface area contributed by atoms with E-state index in [4.69, 9.17) is 0 Å². The van der Waals surface area contributed by atoms with Crippen molar-refractivity contribution >= 4 is 47.5 Å². The Hall–Kier alpha value is 1.33. The minimum atomic E-state index is -1.44. The van der Waals surface area contributed by atoms with E-state index in [2.05, 4.69) is 148 Å². The fourth-order valence-electron chi connectivity index (χ4n) is 6.61. The van der Waals surface area contributed by atoms with Crippen molar-refractivity contribution in [3.05, 3.63) is 56.4 Å². The largest absolute Gasteiger partial charge is 0.0312 e. The van der Waals surface area contributed by atoms with Crippen molar-refractivity contribution in [3.63, 3.8) is 0 Å². The Kier molecular flexibility index (Phi) is 13.3. The van der Waals surface area contributed by atoms with E-state index in [0.717, 1.165) is 0 Å². The quantitative estimate of drug-likeness (QED) is 0.262. The summed E-state index contributed by atoms with van der Waals surface area (Å²) in [4.78, 5) is 0. The van der Waals surface area contributed by atoms with Gasteiger partial charge < -0.3 is 0 Å². The summed E-state index contributed by atoms with van der Waals surface area (Å²) in [5.74, 6) is 0. The molecule has 2 aliphatic carbocycles. The Bertz CT molecular complexity index is 781. The number of rotatable bonds is 1. The molecule has 4 nitrogen and oxygen atoms in total. The van der Waals surface area contributed by atoms with Gasteiger partial charge in [0.25, 0.3) is 0 Å². The standard InChI is InChI=1S/C15H29GeN2Si.C10H24GeN2Si.C5H5.Ni/c1-14(2,3)17-16(13-11-9-10-12-13)18(15(4,5)6)19(17,7)8;1-9(2,3)12-11-13(10(4,5)6)14(12,7)8;1-2-4-5-3-1;/h9-13H,1-8H3;1-8H3;1-5H;. The van der Waals surface area contributed by atoms with Crippen LogP contribution in [-0.2, 0) is 16.5 Å². The summed E-state index contributed by atoms with van der Waals surface area (Å²) < 4.78 is 12.3. The Morgan fingerprint density at radius 2 is 0.846 bits per heavy atom. The van der Waals surface area contributed by atoms with Crippen LogP contribution in [-0.4, -0.2) is 83.7 Å². The smallest absolute Gasteiger partial charge is 0 e. The summed E-state index contributed by atoms with van der Waals surface area (Å²) in [5.41, 5.74) is 1.41. The fourth-order valence-corrected chi connectivity index (χ4v) is 36.4. The molecule has 0 aromatic heterocycles. The molecule has 2 heterocycles. The van der Waals surface area contributed by atoms with Crippen molar-refractivity contribution in [2.45, 2.75) is 136 Å². The third kappa shape index (κ3) is 9.17. The van der Waals surface area contributed by atoms with E-state index in [-0.39, 0.29) is 32.4 Å². The average Bonchev–Trinajstić information content (AvgIpc) is 3.37. The van der Waals surface area contributed by atoms with Crippen LogP contribution >= 0.6 is 0 Å². The van der Waals surface area contributed by atoms with Crippen molar-refractivity contribution < 1.29 is 16.5 Å². The van der Waals surface area contributed by atoms with Gasteiger partial charge in [0, 0.05) is 16.5 Å². The van der Waals surface area contributed by atoms with Crippen LogP contribution in [0.5, 0.6) is 0 Å². The summed E-state index contributed by atoms with van der Waals surface area (Å²) in [5, 5.41) is 0. The van der Waals surface area contributed by atoms with E-state index >= 15 is 0 Å². The van der Waals surface area contributed by atoms with Crippen molar-refractivity contribution in [1.29, 1.82) is 0 Å². The van der Waals surface area contributed by atoms with Crippen LogP contribution in [0.25, 0.3) is 0 Å². The van der Waals surface area contributed by atoms with Crippen LogP contribution in [0, 0.1) is 32.1 Å². The first kappa shape index (κ1) is 38.4. The molecule has 0 aromatic carbocycles. The van der Waals surface area contributed by atoms with Crippen molar-refractivity contribution in [1.82, 2.24) is 14.1 Å². The average molecular weight is 735 g/mol. The fraction of sp³-hybridized carbons (Fsp3) is 0.700. The molecule has 0 atom stereocenters. The first-order valence-electron chi connectivity index (χ1n) is 14.3. The van der Waals surface area contributed by atoms with E-state index in [0.29, 0.717) is 26.9 Å². The summed E-state index contributed by atoms with van der Waals surface area (Å²) >= 11 is -1.45. The van der Waals surface area contributed by atoms with Gasteiger partial charge >= 0.3 is 222 Å². The van der Waals surface area contributed by atoms with E-state index < -0.39 is 31.6 Å². The number of hydrogen-bond donors (Lipinski definition) is 0. The molecule has 224 valence electrons. The van der Waals surface area contributed by atoms with E-state index in [1.165, 1.54) is 0 Å². The van der Waals surface area contributed by atoms with E-state index in [9.17, 15) is 0 Å². The zero-order valence-electron chi connectivity index (χ0n) is 27.9. The van der Waals surface area contributed by atoms with Gasteiger partial charge in [-0.15, -0.1) is 0 Å². The molecule has 3 fully saturated rings. The van der Waals surface area contributed by atoms with Gasteiger partial charge in [-0.3, -0.25) is 0 Å². The predicted octanol–water partition coefficient (Wildman–Crippen LogP) is 7.34. The molecule has 9 heteroatoms. The predicted molar refractivity (Wildman–Crippen MR) is 176 cm³/mol. The molecular formula is C30H58Ge2N4NiSi2. The van der Waals surface area contributed by atoms with Crippen LogP contribution < -0.4 is 0 Å². The van der Waals surface area contributed by atoms with Crippen LogP contribution in [0.1, 0.15) is 83.1 Å². The molecule has 0 N–H and O–H groups in total. The summed E-state index contributed by atoms with van der Waals surface area (Å²) in [6.45, 7) is 38.5. The van der Waals surface area contributed by atoms with Gasteiger partial charge in [-0.25, -0.2) is 0 Å². The van der Waals surface area contributed by atoms with Crippen molar-refractivity contribution in [2.24, 2.45) is 0 Å². The van der Waals surface area contributed by atoms with Gasteiger partial charge in [0.15, 0.2) is 0 Å². The second-order valence-electron chi connectivity index (χ2n) is 15.7. The molecule has 0 spiro atoms. The topological polar surface area (TPSA) is 13.0 Å². The summed E-state index contributed by atoms with van der Waals surface area (Å²) in [7, 11) is -2.70. The first-order valence-corrected chi connectivity index (χ1v) is 25.1. The van der Waals surface area contributed by atoms with Crippen LogP contribution in [0.3, 0.4) is 0 Å². The molecule has 39 heavy (non-hydrogen) atoms. The second-order valence-corrected chi connectivity index (χ2v) is 34.3. The molecule has 0 amide bonds. The monoisotopic (exact) mass is 736 g/mol. The molecule has 0 unspecified atom stereocenters. The van der Waals surface area contributed by atoms with Crippen molar-refractivity contribution in [2.75, 3.05) is 0 Å². The zero-order chi connectivity index (χ0) is 29.5. The second kappa shape index (κ2) is 13.5. The van der Waals surface area contributed by atoms with E-state index in [1.54, 1.807) is 0 Å². The molecule has 2 saturated heterocycles. The van der Waals surface area contributed by atoms with Crippen LogP contribution in [0.15, 0.2) is 24.3 Å². The number of nitrogens with zero attached hydrogens (tertiary/aromatic N) is 4. The van der Waals surface area contributed by atoms with Crippen molar-refractivity contribution in [3.8, 4) is 0 Å². The van der Waals surface area contributed by atoms with Gasteiger partial charge in [0.05, 0.1) is 0 Å². The third-order valence-electron chi connectivity index (χ3n) is 7.13. The van der Waals surface area contributed by atoms with Gasteiger partial charge in [0.2, 0.25) is 0 Å². The molecule has 1 saturated carbocycles. The number of allylic oxidation sites excluding steroid dienone is 4. The maximum absolute atomic E-state index is 2.97. The summed E-state index contributed by atoms with van der Waals surface area (Å²) in [6.07, 6.45) is 19.3. The Morgan fingerprint density at radius 3 is 1.08 bits per heavy atom. The normalized spacial score (nSPS) is 24.7. The Balaban J connectivity index is 0.000000333. The first-order chi connectivity index (χ1) is 16.9. The molecule has 0 aromatic rings. The molecule has 0 bridgehead atoms. The Labute approximate surface area is 268 Å². The Morgan fingerprint density at radius 1 is 0.538 bits per heavy atom. The van der Waals surface area contributed by atoms with Crippen LogP contribution in [0.4, 0.5) is 0 Å². The molecule has 4 rings (SSSR count). The minimum Gasteiger partial charge on any atom is -0.0312 e. The van der Waals surface area contributed by atoms with Gasteiger partial charge in [-0.1, -0.05) is 0 Å². The van der Waals surface area contributed by atoms with Crippen LogP contribution in [0.2, 0.25) is 30.9 Å². The maximum atomic E-state index is 2.97. The summed E-state index contributed by atoms with van der Waals surface area (Å²) in [6, 6.07) is 0. The van der Waals surface area contributed by atoms with Gasteiger partial charge in [-0.05, 0) is 32.1 Å². The van der Waals surface area contributed by atoms with Gasteiger partial charge in [0.1, 0.15) is 0 Å². The SMILES string of the molecule is CC(C)(C)[N]1[Ge]([CH]2C=CC=C2)[N](C(C)(C)C)[Si]1(C)C.CC(C)(C)[N]1[Ge][N](C(C)(C)C)[Si]1(C)C.[CH]1[CH][CH][CH][CH]1.[Ni]. The van der Waals surface area contributed by atoms with Gasteiger partial charge in [-0.2, -0.15) is 0 Å². The number of hydrogen-bond acceptors (Lipinski definition) is 4.